The van der Waals surface area contributed by atoms with Gasteiger partial charge in [-0.3, -0.25) is 9.78 Å². The summed E-state index contributed by atoms with van der Waals surface area (Å²) < 4.78 is 16.5. The van der Waals surface area contributed by atoms with Crippen LogP contribution in [-0.4, -0.2) is 47.0 Å². The summed E-state index contributed by atoms with van der Waals surface area (Å²) in [5.74, 6) is 0.515. The van der Waals surface area contributed by atoms with Gasteiger partial charge >= 0.3 is 0 Å². The molecular formula is C29H24FN5OS. The first kappa shape index (κ1) is 22.3. The quantitative estimate of drug-likeness (QED) is 0.326. The van der Waals surface area contributed by atoms with Gasteiger partial charge in [-0.25, -0.2) is 9.37 Å². The monoisotopic (exact) mass is 509 g/mol. The average Bonchev–Trinajstić information content (AvgIpc) is 3.65. The first-order chi connectivity index (χ1) is 18.1. The molecule has 5 aromatic rings. The maximum absolute atomic E-state index is 15.4. The van der Waals surface area contributed by atoms with E-state index in [0.717, 1.165) is 64.2 Å². The van der Waals surface area contributed by atoms with Gasteiger partial charge in [0, 0.05) is 60.3 Å². The van der Waals surface area contributed by atoms with Gasteiger partial charge in [-0.1, -0.05) is 12.1 Å². The van der Waals surface area contributed by atoms with Crippen molar-refractivity contribution in [1.29, 1.82) is 0 Å². The third kappa shape index (κ3) is 4.02. The van der Waals surface area contributed by atoms with E-state index in [0.29, 0.717) is 23.0 Å². The van der Waals surface area contributed by atoms with Crippen LogP contribution in [0.5, 0.6) is 0 Å². The fraction of sp³-hybridized carbons (Fsp3) is 0.207. The minimum absolute atomic E-state index is 0.0915. The number of aromatic nitrogens is 2. The van der Waals surface area contributed by atoms with Gasteiger partial charge in [0.1, 0.15) is 5.82 Å². The van der Waals surface area contributed by atoms with Crippen LogP contribution in [0.3, 0.4) is 0 Å². The summed E-state index contributed by atoms with van der Waals surface area (Å²) >= 11 is 1.61. The third-order valence-corrected chi connectivity index (χ3v) is 8.36. The van der Waals surface area contributed by atoms with Gasteiger partial charge in [-0.05, 0) is 65.9 Å². The molecule has 0 bridgehead atoms. The lowest BCUT2D eigenvalue weighted by Crippen LogP contribution is -2.31. The molecule has 37 heavy (non-hydrogen) atoms. The molecule has 0 saturated carbocycles. The third-order valence-electron chi connectivity index (χ3n) is 7.55. The van der Waals surface area contributed by atoms with Crippen molar-refractivity contribution >= 4 is 49.7 Å². The molecule has 2 fully saturated rings. The minimum Gasteiger partial charge on any atom is -0.355 e. The second kappa shape index (κ2) is 8.90. The summed E-state index contributed by atoms with van der Waals surface area (Å²) in [7, 11) is 0. The highest BCUT2D eigenvalue weighted by Gasteiger charge is 2.38. The predicted molar refractivity (Wildman–Crippen MR) is 146 cm³/mol. The molecule has 184 valence electrons. The maximum atomic E-state index is 15.4. The highest BCUT2D eigenvalue weighted by Crippen LogP contribution is 2.33. The standard InChI is InChI=1S/C29H24FN5OS/c30-24-10-18(29(36)35-14-19-12-31-13-20(19)15-35)1-4-22(24)17-2-5-25-23(9-17)26(7-8-32-25)34-21-3-6-28-27(11-21)33-16-37-28/h1-11,16,19-20,31H,12-15H2,(H,32,34)/t19-,20?/m0/s1. The van der Waals surface area contributed by atoms with Crippen LogP contribution in [0.25, 0.3) is 32.2 Å². The number of amides is 1. The molecular weight excluding hydrogens is 485 g/mol. The van der Waals surface area contributed by atoms with Gasteiger partial charge < -0.3 is 15.5 Å². The number of hydrogen-bond acceptors (Lipinski definition) is 6. The molecule has 8 heteroatoms. The Morgan fingerprint density at radius 3 is 2.68 bits per heavy atom. The van der Waals surface area contributed by atoms with E-state index in [4.69, 9.17) is 0 Å². The second-order valence-corrected chi connectivity index (χ2v) is 10.7. The zero-order valence-corrected chi connectivity index (χ0v) is 20.8. The lowest BCUT2D eigenvalue weighted by molar-refractivity contribution is 0.0781. The first-order valence-electron chi connectivity index (χ1n) is 12.4. The van der Waals surface area contributed by atoms with Gasteiger partial charge in [0.25, 0.3) is 5.91 Å². The van der Waals surface area contributed by atoms with Crippen LogP contribution in [0, 0.1) is 17.7 Å². The molecule has 3 aromatic carbocycles. The minimum atomic E-state index is -0.404. The molecule has 2 atom stereocenters. The number of pyridine rings is 1. The summed E-state index contributed by atoms with van der Waals surface area (Å²) in [5.41, 5.74) is 6.98. The second-order valence-electron chi connectivity index (χ2n) is 9.83. The zero-order valence-electron chi connectivity index (χ0n) is 19.9. The van der Waals surface area contributed by atoms with Gasteiger partial charge in [0.2, 0.25) is 0 Å². The Hall–Kier alpha value is -3.88. The van der Waals surface area contributed by atoms with E-state index < -0.39 is 5.82 Å². The number of nitrogens with zero attached hydrogens (tertiary/aromatic N) is 3. The molecule has 1 unspecified atom stereocenters. The normalized spacial score (nSPS) is 19.0. The van der Waals surface area contributed by atoms with Crippen LogP contribution in [0.1, 0.15) is 10.4 Å². The number of rotatable bonds is 4. The lowest BCUT2D eigenvalue weighted by Gasteiger charge is -2.18. The Morgan fingerprint density at radius 1 is 0.973 bits per heavy atom. The van der Waals surface area contributed by atoms with E-state index in [1.807, 2.05) is 52.9 Å². The first-order valence-corrected chi connectivity index (χ1v) is 13.3. The fourth-order valence-corrected chi connectivity index (χ4v) is 6.26. The Kier molecular flexibility index (Phi) is 5.37. The molecule has 4 heterocycles. The number of carbonyl (C=O) groups excluding carboxylic acids is 1. The van der Waals surface area contributed by atoms with Gasteiger partial charge in [0.05, 0.1) is 21.2 Å². The summed E-state index contributed by atoms with van der Waals surface area (Å²) in [4.78, 5) is 23.8. The van der Waals surface area contributed by atoms with E-state index in [-0.39, 0.29) is 5.91 Å². The van der Waals surface area contributed by atoms with E-state index in [1.54, 1.807) is 29.7 Å². The highest BCUT2D eigenvalue weighted by atomic mass is 32.1. The van der Waals surface area contributed by atoms with Crippen molar-refractivity contribution in [2.24, 2.45) is 11.8 Å². The van der Waals surface area contributed by atoms with Gasteiger partial charge in [-0.2, -0.15) is 0 Å². The summed E-state index contributed by atoms with van der Waals surface area (Å²) in [6.45, 7) is 3.38. The number of hydrogen-bond donors (Lipinski definition) is 2. The molecule has 2 aliphatic rings. The average molecular weight is 510 g/mol. The van der Waals surface area contributed by atoms with Crippen LogP contribution in [0.15, 0.2) is 72.4 Å². The van der Waals surface area contributed by atoms with Crippen molar-refractivity contribution in [3.8, 4) is 11.1 Å². The van der Waals surface area contributed by atoms with Crippen molar-refractivity contribution in [2.75, 3.05) is 31.5 Å². The maximum Gasteiger partial charge on any atom is 0.253 e. The predicted octanol–water partition coefficient (Wildman–Crippen LogP) is 5.69. The molecule has 0 aliphatic carbocycles. The number of halogens is 1. The number of fused-ring (bicyclic) bond motifs is 3. The van der Waals surface area contributed by atoms with Gasteiger partial charge in [0.15, 0.2) is 0 Å². The molecule has 2 saturated heterocycles. The van der Waals surface area contributed by atoms with Crippen LogP contribution >= 0.6 is 11.3 Å². The molecule has 6 nitrogen and oxygen atoms in total. The van der Waals surface area contributed by atoms with E-state index in [1.165, 1.54) is 6.07 Å². The molecule has 7 rings (SSSR count). The van der Waals surface area contributed by atoms with E-state index in [9.17, 15) is 4.79 Å². The van der Waals surface area contributed by atoms with Crippen LogP contribution in [0.2, 0.25) is 0 Å². The molecule has 2 aromatic heterocycles. The van der Waals surface area contributed by atoms with Gasteiger partial charge in [-0.15, -0.1) is 11.3 Å². The van der Waals surface area contributed by atoms with Crippen LogP contribution < -0.4 is 10.6 Å². The molecule has 0 radical (unpaired) electrons. The topological polar surface area (TPSA) is 70.2 Å². The Morgan fingerprint density at radius 2 is 1.84 bits per heavy atom. The number of benzene rings is 3. The Balaban J connectivity index is 1.18. The largest absolute Gasteiger partial charge is 0.355 e. The number of thiazole rings is 1. The summed E-state index contributed by atoms with van der Waals surface area (Å²) in [6, 6.07) is 18.5. The van der Waals surface area contributed by atoms with Crippen molar-refractivity contribution < 1.29 is 9.18 Å². The summed E-state index contributed by atoms with van der Waals surface area (Å²) in [5, 5.41) is 7.74. The van der Waals surface area contributed by atoms with Crippen molar-refractivity contribution in [2.45, 2.75) is 0 Å². The number of likely N-dealkylation sites (tertiary alicyclic amines) is 1. The Labute approximate surface area is 217 Å². The fourth-order valence-electron chi connectivity index (χ4n) is 5.60. The van der Waals surface area contributed by atoms with E-state index in [2.05, 4.69) is 20.6 Å². The molecule has 1 amide bonds. The lowest BCUT2D eigenvalue weighted by atomic mass is 10.00. The van der Waals surface area contributed by atoms with Crippen molar-refractivity contribution in [3.05, 3.63) is 83.8 Å². The van der Waals surface area contributed by atoms with E-state index >= 15 is 4.39 Å². The van der Waals surface area contributed by atoms with Crippen molar-refractivity contribution in [3.63, 3.8) is 0 Å². The number of anilines is 2. The Bertz CT molecular complexity index is 1660. The van der Waals surface area contributed by atoms with Crippen molar-refractivity contribution in [1.82, 2.24) is 20.2 Å². The molecule has 2 aliphatic heterocycles. The highest BCUT2D eigenvalue weighted by molar-refractivity contribution is 7.16. The van der Waals surface area contributed by atoms with Crippen LogP contribution in [0.4, 0.5) is 15.8 Å². The summed E-state index contributed by atoms with van der Waals surface area (Å²) in [6.07, 6.45) is 1.76. The smallest absolute Gasteiger partial charge is 0.253 e. The van der Waals surface area contributed by atoms with Crippen LogP contribution in [-0.2, 0) is 0 Å². The number of nitrogens with one attached hydrogen (secondary N) is 2. The SMILES string of the molecule is O=C(c1ccc(-c2ccc3nccc(Nc4ccc5scnc5c4)c3c2)c(F)c1)N1CC2CNC[C@H]2C1. The number of carbonyl (C=O) groups is 1. The zero-order chi connectivity index (χ0) is 24.9. The molecule has 2 N–H and O–H groups in total. The molecule has 0 spiro atoms.